The van der Waals surface area contributed by atoms with E-state index in [2.05, 4.69) is 72.8 Å². The average Bonchev–Trinajstić information content (AvgIpc) is 0.743. The van der Waals surface area contributed by atoms with Gasteiger partial charge in [0.15, 0.2) is 0 Å². The predicted octanol–water partition coefficient (Wildman–Crippen LogP) is 15.5. The van der Waals surface area contributed by atoms with E-state index in [1.807, 2.05) is 121 Å². The van der Waals surface area contributed by atoms with Crippen molar-refractivity contribution < 1.29 is 38.4 Å². The third-order valence-electron chi connectivity index (χ3n) is 18.6. The standard InChI is InChI=1S/C40H24N2O4.C38H24N2O4/c1-41-37(43)29-15-7-13-25-27(17-19-31(35(25)29)39(41)45)33-21-9-3-5-11-23(21)34(24-12-6-4-10-22(24)33)28-18-20-32-36-26(28)14-8-16-30(36)38(44)42(2)40(32)46;1-39-35(41)29-7-3-5-27-25(17-19-31(33(27)29)37(39)43)23-13-9-21(10-14-23)22-11-15-24(16-12-22)26-18-20-32-34-28(26)6-4-8-30(34)36(42)40(2)38(32)44/h3-20H,1-2H3;3-20H,1-2H3. The Bertz CT molecular complexity index is 5060. The van der Waals surface area contributed by atoms with Gasteiger partial charge in [0.25, 0.3) is 47.3 Å². The van der Waals surface area contributed by atoms with Gasteiger partial charge in [0.2, 0.25) is 0 Å². The summed E-state index contributed by atoms with van der Waals surface area (Å²) in [4.78, 5) is 109. The lowest BCUT2D eigenvalue weighted by molar-refractivity contribution is 0.0635. The SMILES string of the molecule is CN1C(=O)c2cccc3c(-c4c5ccccc5c(-c5ccc6c7c(cccc57)C(=O)N(C)C6=O)c5ccccc45)ccc(c23)C1=O.CN1C(=O)c2cccc3c(-c4ccc(-c5ccc(-c6ccc7c8c(cccc68)C(=O)N(C)C7=O)cc5)cc4)ccc(c23)C1=O. The van der Waals surface area contributed by atoms with Crippen molar-refractivity contribution in [3.8, 4) is 55.6 Å². The van der Waals surface area contributed by atoms with Gasteiger partial charge >= 0.3 is 0 Å². The maximum atomic E-state index is 13.2. The Kier molecular flexibility index (Phi) is 11.7. The molecular formula is C78H48N4O8. The maximum absolute atomic E-state index is 13.2. The van der Waals surface area contributed by atoms with E-state index >= 15 is 0 Å². The molecule has 13 aromatic carbocycles. The van der Waals surface area contributed by atoms with E-state index < -0.39 is 0 Å². The van der Waals surface area contributed by atoms with Crippen LogP contribution in [0, 0.1) is 0 Å². The zero-order valence-corrected chi connectivity index (χ0v) is 48.8. The Balaban J connectivity index is 0.000000144. The van der Waals surface area contributed by atoms with Crippen LogP contribution in [0.3, 0.4) is 0 Å². The summed E-state index contributed by atoms with van der Waals surface area (Å²) in [7, 11) is 6.07. The number of rotatable bonds is 5. The zero-order chi connectivity index (χ0) is 61.7. The molecule has 0 aliphatic carbocycles. The highest BCUT2D eigenvalue weighted by Gasteiger charge is 2.36. The van der Waals surface area contributed by atoms with Crippen LogP contribution in [0.1, 0.15) is 82.9 Å². The number of hydrogen-bond acceptors (Lipinski definition) is 8. The number of amides is 8. The molecule has 0 unspecified atom stereocenters. The highest BCUT2D eigenvalue weighted by molar-refractivity contribution is 6.33. The minimum Gasteiger partial charge on any atom is -0.277 e. The lowest BCUT2D eigenvalue weighted by Crippen LogP contribution is -2.36. The van der Waals surface area contributed by atoms with Gasteiger partial charge in [-0.15, -0.1) is 0 Å². The molecular weight excluding hydrogens is 1120 g/mol. The number of carbonyl (C=O) groups excluding carboxylic acids is 8. The molecule has 0 fully saturated rings. The van der Waals surface area contributed by atoms with Gasteiger partial charge in [-0.1, -0.05) is 170 Å². The van der Waals surface area contributed by atoms with E-state index in [-0.39, 0.29) is 47.3 Å². The van der Waals surface area contributed by atoms with E-state index in [9.17, 15) is 38.4 Å². The Labute approximate surface area is 514 Å². The molecule has 0 atom stereocenters. The molecule has 4 aliphatic rings. The Morgan fingerprint density at radius 1 is 0.178 bits per heavy atom. The predicted molar refractivity (Wildman–Crippen MR) is 351 cm³/mol. The summed E-state index contributed by atoms with van der Waals surface area (Å²) in [5.41, 5.74) is 14.1. The van der Waals surface area contributed by atoms with Crippen molar-refractivity contribution in [2.24, 2.45) is 0 Å². The summed E-state index contributed by atoms with van der Waals surface area (Å²) in [5.74, 6) is -2.38. The molecule has 0 bridgehead atoms. The molecule has 12 nitrogen and oxygen atoms in total. The van der Waals surface area contributed by atoms with E-state index in [1.54, 1.807) is 24.3 Å². The van der Waals surface area contributed by atoms with Gasteiger partial charge in [-0.3, -0.25) is 58.0 Å². The van der Waals surface area contributed by atoms with Crippen molar-refractivity contribution >= 4 is 112 Å². The Morgan fingerprint density at radius 3 is 0.622 bits per heavy atom. The highest BCUT2D eigenvalue weighted by Crippen LogP contribution is 2.49. The summed E-state index contributed by atoms with van der Waals surface area (Å²) >= 11 is 0. The second-order valence-electron chi connectivity index (χ2n) is 23.2. The number of benzene rings is 13. The third-order valence-corrected chi connectivity index (χ3v) is 18.6. The second kappa shape index (κ2) is 19.8. The van der Waals surface area contributed by atoms with Crippen LogP contribution in [0.25, 0.3) is 120 Å². The zero-order valence-electron chi connectivity index (χ0n) is 48.8. The summed E-state index contributed by atoms with van der Waals surface area (Å²) in [6.45, 7) is 0. The van der Waals surface area contributed by atoms with Crippen molar-refractivity contribution in [1.82, 2.24) is 19.6 Å². The van der Waals surface area contributed by atoms with Gasteiger partial charge < -0.3 is 0 Å². The quantitative estimate of drug-likeness (QED) is 0.122. The molecule has 90 heavy (non-hydrogen) atoms. The molecule has 12 heteroatoms. The maximum Gasteiger partial charge on any atom is 0.261 e. The first-order valence-electron chi connectivity index (χ1n) is 29.4. The average molecular weight is 1170 g/mol. The van der Waals surface area contributed by atoms with Crippen molar-refractivity contribution in [3.63, 3.8) is 0 Å². The normalized spacial score (nSPS) is 14.3. The van der Waals surface area contributed by atoms with E-state index in [1.165, 1.54) is 47.8 Å². The third kappa shape index (κ3) is 7.54. The van der Waals surface area contributed by atoms with Gasteiger partial charge in [-0.25, -0.2) is 0 Å². The van der Waals surface area contributed by atoms with Crippen LogP contribution in [-0.2, 0) is 0 Å². The van der Waals surface area contributed by atoms with E-state index in [4.69, 9.17) is 0 Å². The van der Waals surface area contributed by atoms with Crippen LogP contribution < -0.4 is 0 Å². The monoisotopic (exact) mass is 1170 g/mol. The first-order chi connectivity index (χ1) is 43.7. The fourth-order valence-corrected chi connectivity index (χ4v) is 14.2. The van der Waals surface area contributed by atoms with Crippen molar-refractivity contribution in [2.45, 2.75) is 0 Å². The molecule has 428 valence electrons. The molecule has 0 radical (unpaired) electrons. The smallest absolute Gasteiger partial charge is 0.261 e. The molecule has 0 spiro atoms. The topological polar surface area (TPSA) is 150 Å². The van der Waals surface area contributed by atoms with Crippen molar-refractivity contribution in [2.75, 3.05) is 28.2 Å². The molecule has 0 N–H and O–H groups in total. The number of nitrogens with zero attached hydrogens (tertiary/aromatic N) is 4. The second-order valence-corrected chi connectivity index (χ2v) is 23.2. The highest BCUT2D eigenvalue weighted by atomic mass is 16.2. The van der Waals surface area contributed by atoms with Gasteiger partial charge in [0.1, 0.15) is 0 Å². The lowest BCUT2D eigenvalue weighted by Gasteiger charge is -2.26. The largest absolute Gasteiger partial charge is 0.277 e. The van der Waals surface area contributed by atoms with Crippen molar-refractivity contribution in [3.05, 3.63) is 263 Å². The molecule has 13 aromatic rings. The fraction of sp³-hybridized carbons (Fsp3) is 0.0513. The Morgan fingerprint density at radius 2 is 0.367 bits per heavy atom. The fourth-order valence-electron chi connectivity index (χ4n) is 14.2. The van der Waals surface area contributed by atoms with E-state index in [0.717, 1.165) is 98.7 Å². The molecule has 17 rings (SSSR count). The summed E-state index contributed by atoms with van der Waals surface area (Å²) < 4.78 is 0. The van der Waals surface area contributed by atoms with Gasteiger partial charge in [0.05, 0.1) is 0 Å². The minimum absolute atomic E-state index is 0.286. The van der Waals surface area contributed by atoms with Crippen LogP contribution >= 0.6 is 0 Å². The first-order valence-corrected chi connectivity index (χ1v) is 29.4. The number of fused-ring (bicyclic) bond motifs is 2. The molecule has 8 amide bonds. The van der Waals surface area contributed by atoms with Crippen LogP contribution in [-0.4, -0.2) is 95.0 Å². The molecule has 4 heterocycles. The number of carbonyl (C=O) groups is 8. The molecule has 0 saturated carbocycles. The summed E-state index contributed by atoms with van der Waals surface area (Å²) in [6, 6.07) is 70.7. The molecule has 0 saturated heterocycles. The van der Waals surface area contributed by atoms with Crippen LogP contribution in [0.5, 0.6) is 0 Å². The van der Waals surface area contributed by atoms with Crippen LogP contribution in [0.15, 0.2) is 218 Å². The summed E-state index contributed by atoms with van der Waals surface area (Å²) in [6.07, 6.45) is 0. The molecule has 4 aliphatic heterocycles. The van der Waals surface area contributed by atoms with Crippen LogP contribution in [0.2, 0.25) is 0 Å². The van der Waals surface area contributed by atoms with Crippen molar-refractivity contribution in [1.29, 1.82) is 0 Å². The van der Waals surface area contributed by atoms with Crippen LogP contribution in [0.4, 0.5) is 0 Å². The van der Waals surface area contributed by atoms with E-state index in [0.29, 0.717) is 66.1 Å². The summed E-state index contributed by atoms with van der Waals surface area (Å²) in [5, 5.41) is 10.2. The van der Waals surface area contributed by atoms with Gasteiger partial charge in [-0.05, 0) is 147 Å². The Hall–Kier alpha value is -12.0. The lowest BCUT2D eigenvalue weighted by atomic mass is 9.81. The number of hydrogen-bond donors (Lipinski definition) is 0. The van der Waals surface area contributed by atoms with Gasteiger partial charge in [-0.2, -0.15) is 0 Å². The minimum atomic E-state index is -0.309. The number of imide groups is 4. The molecule has 0 aromatic heterocycles. The first kappa shape index (κ1) is 53.5. The van der Waals surface area contributed by atoms with Gasteiger partial charge in [0, 0.05) is 94.2 Å².